The van der Waals surface area contributed by atoms with Crippen LogP contribution in [0, 0.1) is 23.2 Å². The number of nitriles is 1. The first kappa shape index (κ1) is 16.3. The van der Waals surface area contributed by atoms with E-state index in [0.29, 0.717) is 35.7 Å². The number of aliphatic hydroxyl groups is 1. The first-order valence-corrected chi connectivity index (χ1v) is 8.41. The van der Waals surface area contributed by atoms with Crippen LogP contribution in [0.4, 0.5) is 0 Å². The summed E-state index contributed by atoms with van der Waals surface area (Å²) >= 11 is 0. The summed E-state index contributed by atoms with van der Waals surface area (Å²) in [6.45, 7) is 6.44. The first-order chi connectivity index (χ1) is 11.2. The third-order valence-corrected chi connectivity index (χ3v) is 5.10. The van der Waals surface area contributed by atoms with Crippen molar-refractivity contribution in [2.24, 2.45) is 11.8 Å². The molecule has 3 unspecified atom stereocenters. The van der Waals surface area contributed by atoms with E-state index in [1.807, 2.05) is 0 Å². The molecule has 4 atom stereocenters. The van der Waals surface area contributed by atoms with Crippen molar-refractivity contribution >= 4 is 0 Å². The lowest BCUT2D eigenvalue weighted by atomic mass is 9.81. The van der Waals surface area contributed by atoms with Gasteiger partial charge >= 0.3 is 0 Å². The van der Waals surface area contributed by atoms with Gasteiger partial charge in [-0.1, -0.05) is 0 Å². The van der Waals surface area contributed by atoms with E-state index >= 15 is 0 Å². The molecule has 1 aromatic carbocycles. The Morgan fingerprint density at radius 2 is 2.17 bits per heavy atom. The highest BCUT2D eigenvalue weighted by atomic mass is 16.5. The molecule has 2 bridgehead atoms. The molecule has 5 nitrogen and oxygen atoms in total. The summed E-state index contributed by atoms with van der Waals surface area (Å²) in [7, 11) is 0. The number of fused-ring (bicyclic) bond motifs is 2. The smallest absolute Gasteiger partial charge is 0.119 e. The molecule has 124 valence electrons. The number of rotatable bonds is 5. The largest absolute Gasteiger partial charge is 0.491 e. The van der Waals surface area contributed by atoms with Crippen molar-refractivity contribution in [2.75, 3.05) is 32.8 Å². The van der Waals surface area contributed by atoms with E-state index in [4.69, 9.17) is 10.00 Å². The molecule has 0 saturated carbocycles. The fourth-order valence-electron chi connectivity index (χ4n) is 3.75. The number of nitrogens with zero attached hydrogens (tertiary/aromatic N) is 2. The zero-order valence-corrected chi connectivity index (χ0v) is 13.6. The minimum absolute atomic E-state index is 0.280. The van der Waals surface area contributed by atoms with Crippen LogP contribution >= 0.6 is 0 Å². The molecule has 2 fully saturated rings. The Balaban J connectivity index is 1.48. The van der Waals surface area contributed by atoms with E-state index in [1.165, 1.54) is 6.42 Å². The van der Waals surface area contributed by atoms with Crippen LogP contribution in [-0.2, 0) is 0 Å². The summed E-state index contributed by atoms with van der Waals surface area (Å²) in [6, 6.07) is 9.57. The number of β-amino-alcohol motifs (C(OH)–C–C–N with tert-alkyl or cyclic N) is 1. The second kappa shape index (κ2) is 7.31. The van der Waals surface area contributed by atoms with E-state index in [1.54, 1.807) is 24.3 Å². The molecule has 23 heavy (non-hydrogen) atoms. The number of aliphatic hydroxyl groups excluding tert-OH is 1. The molecule has 0 radical (unpaired) electrons. The summed E-state index contributed by atoms with van der Waals surface area (Å²) in [6.07, 6.45) is 0.808. The monoisotopic (exact) mass is 315 g/mol. The minimum Gasteiger partial charge on any atom is -0.491 e. The first-order valence-electron chi connectivity index (χ1n) is 8.41. The summed E-state index contributed by atoms with van der Waals surface area (Å²) < 4.78 is 5.64. The minimum atomic E-state index is -0.500. The molecule has 0 amide bonds. The van der Waals surface area contributed by atoms with Crippen LogP contribution in [0.2, 0.25) is 0 Å². The van der Waals surface area contributed by atoms with Gasteiger partial charge in [-0.3, -0.25) is 4.90 Å². The number of hydrogen-bond donors (Lipinski definition) is 2. The highest BCUT2D eigenvalue weighted by Crippen LogP contribution is 2.29. The zero-order valence-electron chi connectivity index (χ0n) is 13.6. The van der Waals surface area contributed by atoms with Crippen LogP contribution in [-0.4, -0.2) is 54.9 Å². The quantitative estimate of drug-likeness (QED) is 0.855. The van der Waals surface area contributed by atoms with Gasteiger partial charge in [-0.05, 0) is 62.5 Å². The van der Waals surface area contributed by atoms with Crippen molar-refractivity contribution in [3.8, 4) is 11.8 Å². The van der Waals surface area contributed by atoms with Crippen molar-refractivity contribution in [1.82, 2.24) is 10.2 Å². The number of hydrogen-bond acceptors (Lipinski definition) is 5. The van der Waals surface area contributed by atoms with Gasteiger partial charge in [-0.2, -0.15) is 5.26 Å². The lowest BCUT2D eigenvalue weighted by molar-refractivity contribution is -0.00232. The highest BCUT2D eigenvalue weighted by Gasteiger charge is 2.36. The normalized spacial score (nSPS) is 28.8. The lowest BCUT2D eigenvalue weighted by Crippen LogP contribution is -2.57. The van der Waals surface area contributed by atoms with E-state index < -0.39 is 6.10 Å². The van der Waals surface area contributed by atoms with Crippen molar-refractivity contribution < 1.29 is 9.84 Å². The van der Waals surface area contributed by atoms with Crippen molar-refractivity contribution in [2.45, 2.75) is 25.5 Å². The molecule has 0 aliphatic carbocycles. The van der Waals surface area contributed by atoms with Gasteiger partial charge in [-0.15, -0.1) is 0 Å². The number of ether oxygens (including phenoxy) is 1. The van der Waals surface area contributed by atoms with Gasteiger partial charge in [0.15, 0.2) is 0 Å². The van der Waals surface area contributed by atoms with Crippen molar-refractivity contribution in [1.29, 1.82) is 5.26 Å². The van der Waals surface area contributed by atoms with E-state index in [-0.39, 0.29) is 6.61 Å². The molecule has 2 heterocycles. The van der Waals surface area contributed by atoms with Crippen LogP contribution in [0.3, 0.4) is 0 Å². The Morgan fingerprint density at radius 1 is 1.39 bits per heavy atom. The van der Waals surface area contributed by atoms with Gasteiger partial charge in [0.2, 0.25) is 0 Å². The topological polar surface area (TPSA) is 68.5 Å². The summed E-state index contributed by atoms with van der Waals surface area (Å²) in [5, 5.41) is 22.6. The molecule has 5 heteroatoms. The summed E-state index contributed by atoms with van der Waals surface area (Å²) in [5.41, 5.74) is 0.611. The molecule has 0 aromatic heterocycles. The maximum absolute atomic E-state index is 10.3. The Labute approximate surface area is 137 Å². The van der Waals surface area contributed by atoms with Crippen LogP contribution in [0.25, 0.3) is 0 Å². The van der Waals surface area contributed by atoms with Gasteiger partial charge in [0.05, 0.1) is 11.6 Å². The Bertz CT molecular complexity index is 554. The Morgan fingerprint density at radius 3 is 2.91 bits per heavy atom. The summed E-state index contributed by atoms with van der Waals surface area (Å²) in [4.78, 5) is 2.41. The SMILES string of the molecule is CC1C2CNCC(C2)CN1C[C@H](O)COc1ccc(C#N)cc1. The third kappa shape index (κ3) is 4.03. The van der Waals surface area contributed by atoms with Crippen LogP contribution in [0.1, 0.15) is 18.9 Å². The number of nitrogens with one attached hydrogen (secondary N) is 1. The highest BCUT2D eigenvalue weighted by molar-refractivity contribution is 5.34. The van der Waals surface area contributed by atoms with E-state index in [9.17, 15) is 5.11 Å². The number of likely N-dealkylation sites (tertiary alicyclic amines) is 1. The van der Waals surface area contributed by atoms with Gasteiger partial charge in [-0.25, -0.2) is 0 Å². The Kier molecular flexibility index (Phi) is 5.16. The van der Waals surface area contributed by atoms with Crippen LogP contribution in [0.15, 0.2) is 24.3 Å². The van der Waals surface area contributed by atoms with E-state index in [2.05, 4.69) is 23.2 Å². The molecular weight excluding hydrogens is 290 g/mol. The maximum atomic E-state index is 10.3. The summed E-state index contributed by atoms with van der Waals surface area (Å²) in [5.74, 6) is 2.08. The zero-order chi connectivity index (χ0) is 16.2. The predicted molar refractivity (Wildman–Crippen MR) is 88.2 cm³/mol. The molecule has 2 saturated heterocycles. The number of piperidine rings is 2. The lowest BCUT2D eigenvalue weighted by Gasteiger charge is -2.47. The fraction of sp³-hybridized carbons (Fsp3) is 0.611. The van der Waals surface area contributed by atoms with Crippen LogP contribution in [0.5, 0.6) is 5.75 Å². The molecule has 0 spiro atoms. The molecule has 2 aliphatic heterocycles. The second-order valence-corrected chi connectivity index (χ2v) is 6.82. The standard InChI is InChI=1S/C18H25N3O2/c1-13-16-6-15(8-20-9-16)10-21(13)11-17(22)12-23-18-4-2-14(7-19)3-5-18/h2-5,13,15-17,20,22H,6,8-12H2,1H3/t13?,15?,16?,17-/m0/s1. The van der Waals surface area contributed by atoms with Crippen molar-refractivity contribution in [3.05, 3.63) is 29.8 Å². The van der Waals surface area contributed by atoms with Crippen LogP contribution < -0.4 is 10.1 Å². The average molecular weight is 315 g/mol. The fourth-order valence-corrected chi connectivity index (χ4v) is 3.75. The van der Waals surface area contributed by atoms with Gasteiger partial charge in [0.25, 0.3) is 0 Å². The Hall–Kier alpha value is -1.61. The molecular formula is C18H25N3O2. The molecule has 2 aliphatic rings. The van der Waals surface area contributed by atoms with Gasteiger partial charge < -0.3 is 15.2 Å². The average Bonchev–Trinajstić information content (AvgIpc) is 2.58. The second-order valence-electron chi connectivity index (χ2n) is 6.82. The van der Waals surface area contributed by atoms with E-state index in [0.717, 1.165) is 19.6 Å². The van der Waals surface area contributed by atoms with Gasteiger partial charge in [0, 0.05) is 19.1 Å². The predicted octanol–water partition coefficient (Wildman–Crippen LogP) is 1.23. The third-order valence-electron chi connectivity index (χ3n) is 5.10. The van der Waals surface area contributed by atoms with Crippen molar-refractivity contribution in [3.63, 3.8) is 0 Å². The molecule has 3 rings (SSSR count). The maximum Gasteiger partial charge on any atom is 0.119 e. The molecule has 2 N–H and O–H groups in total. The number of benzene rings is 1. The van der Waals surface area contributed by atoms with Gasteiger partial charge in [0.1, 0.15) is 18.5 Å². The molecule has 1 aromatic rings.